The summed E-state index contributed by atoms with van der Waals surface area (Å²) in [6.45, 7) is 2.15. The largest absolute Gasteiger partial charge is 0.294 e. The molecule has 3 aromatic heterocycles. The van der Waals surface area contributed by atoms with Crippen LogP contribution in [0, 0.1) is 5.82 Å². The van der Waals surface area contributed by atoms with Crippen molar-refractivity contribution in [2.75, 3.05) is 6.54 Å². The van der Waals surface area contributed by atoms with Crippen LogP contribution in [-0.2, 0) is 19.5 Å². The monoisotopic (exact) mass is 321 g/mol. The van der Waals surface area contributed by atoms with E-state index in [1.165, 1.54) is 6.20 Å². The van der Waals surface area contributed by atoms with E-state index in [9.17, 15) is 4.39 Å². The summed E-state index contributed by atoms with van der Waals surface area (Å²) >= 11 is 0. The molecule has 24 heavy (non-hydrogen) atoms. The highest BCUT2D eigenvalue weighted by molar-refractivity contribution is 5.54. The molecule has 0 aromatic carbocycles. The normalized spacial score (nSPS) is 14.4. The number of halogens is 1. The fraction of sp³-hybridized carbons (Fsp3) is 0.222. The van der Waals surface area contributed by atoms with Crippen molar-refractivity contribution in [2.45, 2.75) is 19.5 Å². The Bertz CT molecular complexity index is 853. The van der Waals surface area contributed by atoms with Gasteiger partial charge in [0.15, 0.2) is 5.82 Å². The highest BCUT2D eigenvalue weighted by Gasteiger charge is 2.19. The summed E-state index contributed by atoms with van der Waals surface area (Å²) in [6.07, 6.45) is 9.08. The SMILES string of the molecule is Fc1cnccc1CN1CCc2nc(-c3ccncc3)ncc2C1. The van der Waals surface area contributed by atoms with Crippen LogP contribution in [0.1, 0.15) is 16.8 Å². The molecule has 3 aromatic rings. The molecule has 0 atom stereocenters. The first-order valence-electron chi connectivity index (χ1n) is 7.85. The maximum absolute atomic E-state index is 13.8. The zero-order valence-corrected chi connectivity index (χ0v) is 13.1. The third-order valence-electron chi connectivity index (χ3n) is 4.20. The minimum atomic E-state index is -0.257. The molecule has 4 heterocycles. The van der Waals surface area contributed by atoms with Gasteiger partial charge < -0.3 is 0 Å². The lowest BCUT2D eigenvalue weighted by Gasteiger charge is -2.28. The first-order chi connectivity index (χ1) is 11.8. The molecule has 0 amide bonds. The number of hydrogen-bond acceptors (Lipinski definition) is 5. The summed E-state index contributed by atoms with van der Waals surface area (Å²) in [4.78, 5) is 19.2. The van der Waals surface area contributed by atoms with Crippen LogP contribution >= 0.6 is 0 Å². The number of aromatic nitrogens is 4. The van der Waals surface area contributed by atoms with Crippen LogP contribution in [-0.4, -0.2) is 31.4 Å². The van der Waals surface area contributed by atoms with Crippen LogP contribution in [0.4, 0.5) is 4.39 Å². The van der Waals surface area contributed by atoms with E-state index in [2.05, 4.69) is 19.9 Å². The van der Waals surface area contributed by atoms with Crippen LogP contribution in [0.15, 0.2) is 49.2 Å². The molecule has 0 radical (unpaired) electrons. The van der Waals surface area contributed by atoms with Crippen molar-refractivity contribution in [2.24, 2.45) is 0 Å². The van der Waals surface area contributed by atoms with E-state index >= 15 is 0 Å². The molecular weight excluding hydrogens is 305 g/mol. The molecule has 0 bridgehead atoms. The molecule has 0 unspecified atom stereocenters. The third-order valence-corrected chi connectivity index (χ3v) is 4.20. The minimum absolute atomic E-state index is 0.257. The van der Waals surface area contributed by atoms with Crippen molar-refractivity contribution < 1.29 is 4.39 Å². The predicted octanol–water partition coefficient (Wildman–Crippen LogP) is 2.63. The zero-order valence-electron chi connectivity index (χ0n) is 13.1. The number of fused-ring (bicyclic) bond motifs is 1. The number of nitrogens with zero attached hydrogens (tertiary/aromatic N) is 5. The summed E-state index contributed by atoms with van der Waals surface area (Å²) in [7, 11) is 0. The fourth-order valence-electron chi connectivity index (χ4n) is 2.92. The van der Waals surface area contributed by atoms with Crippen molar-refractivity contribution in [3.63, 3.8) is 0 Å². The first kappa shape index (κ1) is 14.8. The van der Waals surface area contributed by atoms with Gasteiger partial charge in [0.1, 0.15) is 5.82 Å². The van der Waals surface area contributed by atoms with Crippen molar-refractivity contribution >= 4 is 0 Å². The Morgan fingerprint density at radius 2 is 1.88 bits per heavy atom. The van der Waals surface area contributed by atoms with Crippen molar-refractivity contribution in [1.29, 1.82) is 0 Å². The lowest BCUT2D eigenvalue weighted by molar-refractivity contribution is 0.239. The quantitative estimate of drug-likeness (QED) is 0.742. The van der Waals surface area contributed by atoms with Gasteiger partial charge in [0.25, 0.3) is 0 Å². The van der Waals surface area contributed by atoms with Gasteiger partial charge in [-0.2, -0.15) is 0 Å². The summed E-state index contributed by atoms with van der Waals surface area (Å²) in [5.74, 6) is 0.470. The molecule has 0 saturated carbocycles. The molecule has 5 nitrogen and oxygen atoms in total. The Balaban J connectivity index is 1.53. The Kier molecular flexibility index (Phi) is 3.96. The average Bonchev–Trinajstić information content (AvgIpc) is 2.64. The van der Waals surface area contributed by atoms with E-state index in [1.807, 2.05) is 18.3 Å². The average molecular weight is 321 g/mol. The van der Waals surface area contributed by atoms with E-state index < -0.39 is 0 Å². The fourth-order valence-corrected chi connectivity index (χ4v) is 2.92. The van der Waals surface area contributed by atoms with E-state index in [-0.39, 0.29) is 5.82 Å². The summed E-state index contributed by atoms with van der Waals surface area (Å²) in [6, 6.07) is 5.54. The lowest BCUT2D eigenvalue weighted by Crippen LogP contribution is -2.31. The molecule has 6 heteroatoms. The van der Waals surface area contributed by atoms with Crippen LogP contribution < -0.4 is 0 Å². The zero-order chi connectivity index (χ0) is 16.4. The molecule has 0 saturated heterocycles. The second-order valence-corrected chi connectivity index (χ2v) is 5.83. The molecule has 1 aliphatic rings. The Morgan fingerprint density at radius 3 is 2.71 bits per heavy atom. The predicted molar refractivity (Wildman–Crippen MR) is 87.3 cm³/mol. The summed E-state index contributed by atoms with van der Waals surface area (Å²) in [5, 5.41) is 0. The molecule has 0 fully saturated rings. The van der Waals surface area contributed by atoms with Crippen LogP contribution in [0.2, 0.25) is 0 Å². The number of rotatable bonds is 3. The summed E-state index contributed by atoms with van der Waals surface area (Å²) in [5.41, 5.74) is 3.81. The Morgan fingerprint density at radius 1 is 1.04 bits per heavy atom. The van der Waals surface area contributed by atoms with Gasteiger partial charge >= 0.3 is 0 Å². The van der Waals surface area contributed by atoms with Gasteiger partial charge in [-0.25, -0.2) is 14.4 Å². The standard InChI is InChI=1S/C18H16FN5/c19-16-10-21-7-3-14(16)11-24-8-4-17-15(12-24)9-22-18(23-17)13-1-5-20-6-2-13/h1-3,5-7,9-10H,4,8,11-12H2. The third kappa shape index (κ3) is 3.00. The molecule has 120 valence electrons. The van der Waals surface area contributed by atoms with Crippen LogP contribution in [0.25, 0.3) is 11.4 Å². The van der Waals surface area contributed by atoms with E-state index in [1.54, 1.807) is 24.7 Å². The molecule has 4 rings (SSSR count). The topological polar surface area (TPSA) is 54.8 Å². The molecule has 0 spiro atoms. The molecule has 0 N–H and O–H groups in total. The maximum atomic E-state index is 13.8. The van der Waals surface area contributed by atoms with Crippen molar-refractivity contribution in [3.8, 4) is 11.4 Å². The van der Waals surface area contributed by atoms with Gasteiger partial charge in [-0.05, 0) is 18.2 Å². The maximum Gasteiger partial charge on any atom is 0.159 e. The van der Waals surface area contributed by atoms with Crippen molar-refractivity contribution in [3.05, 3.63) is 71.8 Å². The van der Waals surface area contributed by atoms with Gasteiger partial charge in [0.05, 0.1) is 11.9 Å². The van der Waals surface area contributed by atoms with E-state index in [0.29, 0.717) is 12.1 Å². The second kappa shape index (κ2) is 6.41. The van der Waals surface area contributed by atoms with Gasteiger partial charge in [-0.15, -0.1) is 0 Å². The molecule has 1 aliphatic heterocycles. The summed E-state index contributed by atoms with van der Waals surface area (Å²) < 4.78 is 13.8. The smallest absolute Gasteiger partial charge is 0.159 e. The second-order valence-electron chi connectivity index (χ2n) is 5.83. The molecular formula is C18H16FN5. The first-order valence-corrected chi connectivity index (χ1v) is 7.85. The number of pyridine rings is 2. The number of hydrogen-bond donors (Lipinski definition) is 0. The minimum Gasteiger partial charge on any atom is -0.294 e. The van der Waals surface area contributed by atoms with Gasteiger partial charge in [0.2, 0.25) is 0 Å². The molecule has 0 aliphatic carbocycles. The Labute approximate surface area is 139 Å². The Hall–Kier alpha value is -2.73. The highest BCUT2D eigenvalue weighted by Crippen LogP contribution is 2.22. The van der Waals surface area contributed by atoms with Gasteiger partial charge in [-0.1, -0.05) is 0 Å². The van der Waals surface area contributed by atoms with Crippen molar-refractivity contribution in [1.82, 2.24) is 24.8 Å². The highest BCUT2D eigenvalue weighted by atomic mass is 19.1. The van der Waals surface area contributed by atoms with E-state index in [0.717, 1.165) is 42.2 Å². The van der Waals surface area contributed by atoms with Crippen LogP contribution in [0.3, 0.4) is 0 Å². The lowest BCUT2D eigenvalue weighted by atomic mass is 10.1. The van der Waals surface area contributed by atoms with E-state index in [4.69, 9.17) is 4.98 Å². The van der Waals surface area contributed by atoms with Gasteiger partial charge in [-0.3, -0.25) is 14.9 Å². The van der Waals surface area contributed by atoms with Crippen LogP contribution in [0.5, 0.6) is 0 Å². The van der Waals surface area contributed by atoms with Gasteiger partial charge in [0, 0.05) is 67.5 Å².